The Morgan fingerprint density at radius 2 is 1.49 bits per heavy atom. The van der Waals surface area contributed by atoms with Gasteiger partial charge in [-0.3, -0.25) is 18.7 Å². The molecule has 1 N–H and O–H groups in total. The number of rotatable bonds is 4. The van der Waals surface area contributed by atoms with Gasteiger partial charge in [0.2, 0.25) is 0 Å². The molecule has 0 unspecified atom stereocenters. The van der Waals surface area contributed by atoms with Crippen molar-refractivity contribution >= 4 is 5.97 Å². The first kappa shape index (κ1) is 29.6. The fourth-order valence-electron chi connectivity index (χ4n) is 5.31. The topological polar surface area (TPSA) is 76.0 Å². The van der Waals surface area contributed by atoms with Crippen LogP contribution < -0.4 is 0 Å². The van der Waals surface area contributed by atoms with E-state index in [1.54, 1.807) is 24.4 Å². The number of carboxylic acids is 1. The van der Waals surface area contributed by atoms with E-state index in [0.717, 1.165) is 40.1 Å². The predicted molar refractivity (Wildman–Crippen MR) is 154 cm³/mol. The normalized spacial score (nSPS) is 14.4. The van der Waals surface area contributed by atoms with E-state index in [2.05, 4.69) is 35.3 Å². The van der Waals surface area contributed by atoms with Crippen molar-refractivity contribution in [2.45, 2.75) is 5.41 Å². The molecule has 6 aromatic rings. The number of aromatic nitrogens is 3. The first-order chi connectivity index (χ1) is 20.5. The van der Waals surface area contributed by atoms with Crippen molar-refractivity contribution in [1.29, 1.82) is 0 Å². The van der Waals surface area contributed by atoms with Crippen molar-refractivity contribution in [2.24, 2.45) is 0 Å². The number of nitrogens with zero attached hydrogens (tertiary/aromatic N) is 3. The molecule has 0 saturated carbocycles. The van der Waals surface area contributed by atoms with Crippen molar-refractivity contribution in [3.8, 4) is 22.4 Å². The second-order valence-corrected chi connectivity index (χ2v) is 9.44. The first-order valence-electron chi connectivity index (χ1n) is 13.0. The summed E-state index contributed by atoms with van der Waals surface area (Å²) < 4.78 is 28.1. The molecule has 1 aliphatic rings. The number of carboxylic acid groups (broad SMARTS) is 1. The molecule has 0 spiro atoms. The van der Waals surface area contributed by atoms with Gasteiger partial charge in [-0.25, -0.2) is 9.78 Å². The van der Waals surface area contributed by atoms with Crippen LogP contribution in [0.4, 0.5) is 8.78 Å². The number of hydrogen-bond acceptors (Lipinski definition) is 4. The van der Waals surface area contributed by atoms with Gasteiger partial charge in [0.1, 0.15) is 5.69 Å². The summed E-state index contributed by atoms with van der Waals surface area (Å²) in [6.45, 7) is 0. The molecular formula is C35H21F2IrN3O2-2. The maximum Gasteiger partial charge on any atom is 0.354 e. The minimum absolute atomic E-state index is 0. The third-order valence-corrected chi connectivity index (χ3v) is 7.03. The number of halogens is 2. The van der Waals surface area contributed by atoms with Crippen LogP contribution in [-0.2, 0) is 25.5 Å². The van der Waals surface area contributed by atoms with Gasteiger partial charge in [-0.05, 0) is 41.6 Å². The van der Waals surface area contributed by atoms with Gasteiger partial charge in [-0.2, -0.15) is 24.3 Å². The van der Waals surface area contributed by atoms with E-state index >= 15 is 0 Å². The average molecular weight is 746 g/mol. The number of hydrogen-bond donors (Lipinski definition) is 1. The molecule has 3 heterocycles. The van der Waals surface area contributed by atoms with Gasteiger partial charge in [-0.1, -0.05) is 65.7 Å². The summed E-state index contributed by atoms with van der Waals surface area (Å²) in [5, 5.41) is 8.32. The average Bonchev–Trinajstić information content (AvgIpc) is 3.34. The van der Waals surface area contributed by atoms with Gasteiger partial charge in [0.15, 0.2) is 0 Å². The van der Waals surface area contributed by atoms with Crippen molar-refractivity contribution in [3.05, 3.63) is 174 Å². The first-order valence-corrected chi connectivity index (χ1v) is 13.0. The molecule has 3 aromatic heterocycles. The summed E-state index contributed by atoms with van der Waals surface area (Å²) in [4.78, 5) is 23.4. The molecule has 3 aromatic carbocycles. The Hall–Kier alpha value is -4.91. The summed E-state index contributed by atoms with van der Waals surface area (Å²) in [6, 6.07) is 38.2. The zero-order chi connectivity index (χ0) is 29.1. The number of fused-ring (bicyclic) bond motifs is 3. The third-order valence-electron chi connectivity index (χ3n) is 7.03. The zero-order valence-electron chi connectivity index (χ0n) is 22.3. The Bertz CT molecular complexity index is 1860. The second-order valence-electron chi connectivity index (χ2n) is 9.44. The largest absolute Gasteiger partial charge is 0.477 e. The van der Waals surface area contributed by atoms with E-state index in [0.29, 0.717) is 11.4 Å². The maximum absolute atomic E-state index is 14.6. The van der Waals surface area contributed by atoms with E-state index in [1.165, 1.54) is 12.3 Å². The smallest absolute Gasteiger partial charge is 0.354 e. The molecule has 8 heteroatoms. The third kappa shape index (κ3) is 5.38. The summed E-state index contributed by atoms with van der Waals surface area (Å²) in [7, 11) is 0. The monoisotopic (exact) mass is 746 g/mol. The number of pyridine rings is 3. The molecule has 0 bridgehead atoms. The molecule has 1 aliphatic carbocycles. The quantitative estimate of drug-likeness (QED) is 0.194. The fraction of sp³-hybridized carbons (Fsp3) is 0.0286. The van der Waals surface area contributed by atoms with Crippen molar-refractivity contribution in [3.63, 3.8) is 0 Å². The SMILES string of the molecule is Fc1c[c-]c(-c2cccc([C@]3(c4ccccn4)c4[c-]cccc4-c4ccccc43)n2)c(F)c1.O=C(O)c1ccccn1.[Ir]. The summed E-state index contributed by atoms with van der Waals surface area (Å²) in [6.07, 6.45) is 3.21. The molecule has 7 rings (SSSR count). The molecular weight excluding hydrogens is 725 g/mol. The molecule has 0 fully saturated rings. The van der Waals surface area contributed by atoms with Gasteiger partial charge in [-0.15, -0.1) is 23.3 Å². The van der Waals surface area contributed by atoms with E-state index < -0.39 is 23.0 Å². The van der Waals surface area contributed by atoms with E-state index in [9.17, 15) is 13.6 Å². The van der Waals surface area contributed by atoms with Gasteiger partial charge in [0.25, 0.3) is 0 Å². The Kier molecular flexibility index (Phi) is 8.62. The molecule has 0 amide bonds. The Labute approximate surface area is 260 Å². The minimum atomic E-state index is -0.990. The minimum Gasteiger partial charge on any atom is -0.477 e. The Morgan fingerprint density at radius 3 is 2.19 bits per heavy atom. The van der Waals surface area contributed by atoms with Crippen molar-refractivity contribution < 1.29 is 38.8 Å². The molecule has 1 atom stereocenters. The van der Waals surface area contributed by atoms with Crippen LogP contribution >= 0.6 is 0 Å². The van der Waals surface area contributed by atoms with Crippen LogP contribution in [0, 0.1) is 23.8 Å². The van der Waals surface area contributed by atoms with Crippen molar-refractivity contribution in [2.75, 3.05) is 0 Å². The zero-order valence-corrected chi connectivity index (χ0v) is 24.7. The van der Waals surface area contributed by atoms with Crippen LogP contribution in [-0.4, -0.2) is 26.0 Å². The molecule has 0 aliphatic heterocycles. The van der Waals surface area contributed by atoms with Gasteiger partial charge in [0.05, 0.1) is 11.1 Å². The van der Waals surface area contributed by atoms with Crippen LogP contribution in [0.1, 0.15) is 33.0 Å². The summed E-state index contributed by atoms with van der Waals surface area (Å²) in [5.41, 5.74) is 5.36. The van der Waals surface area contributed by atoms with Gasteiger partial charge < -0.3 is 5.11 Å². The predicted octanol–water partition coefficient (Wildman–Crippen LogP) is 7.16. The van der Waals surface area contributed by atoms with Crippen LogP contribution in [0.25, 0.3) is 22.4 Å². The number of benzene rings is 3. The van der Waals surface area contributed by atoms with Gasteiger partial charge >= 0.3 is 5.97 Å². The molecule has 213 valence electrons. The van der Waals surface area contributed by atoms with Gasteiger partial charge in [0, 0.05) is 49.8 Å². The molecule has 43 heavy (non-hydrogen) atoms. The standard InChI is InChI=1S/C29H16F2N2.C6H5NO2.Ir/c30-19-15-16-22(25(31)18-19)26-12-7-14-28(33-26)29(27-13-5-6-17-32-27)23-10-3-1-8-20(23)21-9-2-4-11-24(21)29;8-6(9)5-3-1-2-4-7-5;/h1-10,12-15,17-18H;1-4H,(H,8,9);/q-2;;/t29-;;/m0../s1. The molecule has 1 radical (unpaired) electrons. The van der Waals surface area contributed by atoms with E-state index in [4.69, 9.17) is 15.1 Å². The van der Waals surface area contributed by atoms with Crippen molar-refractivity contribution in [1.82, 2.24) is 15.0 Å². The van der Waals surface area contributed by atoms with Crippen LogP contribution in [0.15, 0.2) is 122 Å². The van der Waals surface area contributed by atoms with Crippen LogP contribution in [0.5, 0.6) is 0 Å². The second kappa shape index (κ2) is 12.5. The van der Waals surface area contributed by atoms with Crippen LogP contribution in [0.2, 0.25) is 0 Å². The van der Waals surface area contributed by atoms with Crippen LogP contribution in [0.3, 0.4) is 0 Å². The molecule has 5 nitrogen and oxygen atoms in total. The maximum atomic E-state index is 14.6. The Balaban J connectivity index is 0.000000318. The summed E-state index contributed by atoms with van der Waals surface area (Å²) in [5.74, 6) is -2.37. The number of carbonyl (C=O) groups is 1. The van der Waals surface area contributed by atoms with E-state index in [1.807, 2.05) is 54.6 Å². The Morgan fingerprint density at radius 1 is 0.767 bits per heavy atom. The molecule has 0 saturated heterocycles. The summed E-state index contributed by atoms with van der Waals surface area (Å²) >= 11 is 0. The number of aromatic carboxylic acids is 1. The fourth-order valence-corrected chi connectivity index (χ4v) is 5.31. The van der Waals surface area contributed by atoms with E-state index in [-0.39, 0.29) is 31.4 Å².